The van der Waals surface area contributed by atoms with E-state index in [0.717, 1.165) is 0 Å². The molecule has 0 aliphatic carbocycles. The van der Waals surface area contributed by atoms with Crippen LogP contribution in [-0.2, 0) is 4.79 Å². The van der Waals surface area contributed by atoms with Crippen molar-refractivity contribution in [2.45, 2.75) is 12.5 Å². The lowest BCUT2D eigenvalue weighted by Crippen LogP contribution is -2.29. The summed E-state index contributed by atoms with van der Waals surface area (Å²) in [6.07, 6.45) is 4.80. The summed E-state index contributed by atoms with van der Waals surface area (Å²) in [5, 5.41) is 0.424. The van der Waals surface area contributed by atoms with E-state index in [1.165, 1.54) is 18.5 Å². The van der Waals surface area contributed by atoms with E-state index in [9.17, 15) is 9.18 Å². The minimum Gasteiger partial charge on any atom is -0.472 e. The summed E-state index contributed by atoms with van der Waals surface area (Å²) in [5.41, 5.74) is 1.56. The van der Waals surface area contributed by atoms with Gasteiger partial charge in [0.05, 0.1) is 12.1 Å². The summed E-state index contributed by atoms with van der Waals surface area (Å²) in [5.74, 6) is -0.0979. The molecule has 1 aromatic carbocycles. The van der Waals surface area contributed by atoms with Crippen LogP contribution in [0.1, 0.15) is 6.42 Å². The second-order valence-electron chi connectivity index (χ2n) is 7.13. The van der Waals surface area contributed by atoms with Gasteiger partial charge < -0.3 is 19.4 Å². The Kier molecular flexibility index (Phi) is 4.70. The lowest BCUT2D eigenvalue weighted by atomic mass is 10.2. The van der Waals surface area contributed by atoms with E-state index >= 15 is 0 Å². The van der Waals surface area contributed by atoms with Crippen LogP contribution < -0.4 is 9.47 Å². The third-order valence-corrected chi connectivity index (χ3v) is 5.18. The lowest BCUT2D eigenvalue weighted by molar-refractivity contribution is -0.125. The average molecular weight is 419 g/mol. The summed E-state index contributed by atoms with van der Waals surface area (Å²) in [6.45, 7) is 4.57. The second-order valence-corrected chi connectivity index (χ2v) is 7.13. The molecule has 1 amide bonds. The van der Waals surface area contributed by atoms with Crippen molar-refractivity contribution in [3.8, 4) is 17.5 Å². The van der Waals surface area contributed by atoms with Crippen molar-refractivity contribution in [1.82, 2.24) is 24.8 Å². The van der Waals surface area contributed by atoms with Crippen LogP contribution in [0, 0.1) is 5.82 Å². The number of aromatic amines is 1. The van der Waals surface area contributed by atoms with Crippen molar-refractivity contribution >= 4 is 27.8 Å². The zero-order valence-electron chi connectivity index (χ0n) is 16.4. The molecule has 31 heavy (non-hydrogen) atoms. The van der Waals surface area contributed by atoms with Gasteiger partial charge in [-0.2, -0.15) is 4.98 Å². The molecule has 1 saturated heterocycles. The molecule has 5 rings (SSSR count). The van der Waals surface area contributed by atoms with Crippen LogP contribution in [0.25, 0.3) is 21.9 Å². The maximum atomic E-state index is 14.8. The zero-order valence-corrected chi connectivity index (χ0v) is 16.4. The van der Waals surface area contributed by atoms with E-state index in [2.05, 4.69) is 26.5 Å². The Labute approximate surface area is 176 Å². The number of rotatable bonds is 5. The highest BCUT2D eigenvalue weighted by Crippen LogP contribution is 2.32. The van der Waals surface area contributed by atoms with Crippen LogP contribution in [0.2, 0.25) is 0 Å². The summed E-state index contributed by atoms with van der Waals surface area (Å²) in [6, 6.07) is 8.34. The molecule has 1 aliphatic rings. The van der Waals surface area contributed by atoms with Gasteiger partial charge in [-0.1, -0.05) is 6.58 Å². The molecule has 1 aliphatic heterocycles. The fourth-order valence-electron chi connectivity index (χ4n) is 3.62. The lowest BCUT2D eigenvalue weighted by Gasteiger charge is -2.15. The third kappa shape index (κ3) is 3.54. The van der Waals surface area contributed by atoms with Gasteiger partial charge in [-0.3, -0.25) is 4.79 Å². The molecule has 1 N–H and O–H groups in total. The van der Waals surface area contributed by atoms with E-state index < -0.39 is 5.82 Å². The quantitative estimate of drug-likeness (QED) is 0.497. The number of halogens is 1. The molecule has 8 nitrogen and oxygen atoms in total. The van der Waals surface area contributed by atoms with Gasteiger partial charge in [0.25, 0.3) is 0 Å². The van der Waals surface area contributed by atoms with E-state index in [0.29, 0.717) is 47.3 Å². The standard InChI is InChI=1S/C22H18FN5O3/c1-2-19(29)28-10-8-13(11-28)30-18-6-4-16-21(27-18)22(26-12-25-16)31-17-5-3-15-14(20(17)23)7-9-24-15/h2-7,9,12-13,24H,1,8,10-11H2. The molecule has 1 unspecified atom stereocenters. The number of amides is 1. The molecule has 1 fully saturated rings. The fraction of sp³-hybridized carbons (Fsp3) is 0.182. The van der Waals surface area contributed by atoms with Crippen molar-refractivity contribution in [3.63, 3.8) is 0 Å². The molecule has 0 radical (unpaired) electrons. The Bertz CT molecular complexity index is 1310. The number of fused-ring (bicyclic) bond motifs is 2. The SMILES string of the molecule is C=CC(=O)N1CCC(Oc2ccc3ncnc(Oc4ccc5[nH]ccc5c4F)c3n2)C1. The van der Waals surface area contributed by atoms with Crippen molar-refractivity contribution in [2.24, 2.45) is 0 Å². The number of benzene rings is 1. The zero-order chi connectivity index (χ0) is 21.4. The minimum atomic E-state index is -0.490. The van der Waals surface area contributed by atoms with E-state index in [-0.39, 0.29) is 23.6 Å². The molecule has 0 bridgehead atoms. The molecular weight excluding hydrogens is 401 g/mol. The van der Waals surface area contributed by atoms with Gasteiger partial charge in [-0.05, 0) is 30.3 Å². The van der Waals surface area contributed by atoms with Gasteiger partial charge in [0.1, 0.15) is 12.4 Å². The molecule has 9 heteroatoms. The Morgan fingerprint density at radius 2 is 2.16 bits per heavy atom. The van der Waals surface area contributed by atoms with Gasteiger partial charge in [0, 0.05) is 36.1 Å². The van der Waals surface area contributed by atoms with Crippen molar-refractivity contribution in [3.05, 3.63) is 61.3 Å². The summed E-state index contributed by atoms with van der Waals surface area (Å²) >= 11 is 0. The number of aromatic nitrogens is 4. The molecule has 4 heterocycles. The number of hydrogen-bond donors (Lipinski definition) is 1. The number of ether oxygens (including phenoxy) is 2. The van der Waals surface area contributed by atoms with Crippen LogP contribution >= 0.6 is 0 Å². The van der Waals surface area contributed by atoms with E-state index in [1.54, 1.807) is 35.4 Å². The maximum Gasteiger partial charge on any atom is 0.249 e. The molecule has 1 atom stereocenters. The van der Waals surface area contributed by atoms with Crippen LogP contribution in [0.4, 0.5) is 4.39 Å². The Hall–Kier alpha value is -4.01. The van der Waals surface area contributed by atoms with Gasteiger partial charge >= 0.3 is 0 Å². The number of nitrogens with zero attached hydrogens (tertiary/aromatic N) is 4. The number of carbonyl (C=O) groups is 1. The van der Waals surface area contributed by atoms with Crippen LogP contribution in [0.15, 0.2) is 55.5 Å². The van der Waals surface area contributed by atoms with E-state index in [4.69, 9.17) is 9.47 Å². The predicted molar refractivity (Wildman–Crippen MR) is 111 cm³/mol. The summed E-state index contributed by atoms with van der Waals surface area (Å²) in [4.78, 5) is 29.2. The van der Waals surface area contributed by atoms with Crippen molar-refractivity contribution in [1.29, 1.82) is 0 Å². The van der Waals surface area contributed by atoms with Gasteiger partial charge in [-0.15, -0.1) is 0 Å². The van der Waals surface area contributed by atoms with Crippen LogP contribution in [-0.4, -0.2) is 49.9 Å². The average Bonchev–Trinajstić information content (AvgIpc) is 3.45. The third-order valence-electron chi connectivity index (χ3n) is 5.18. The normalized spacial score (nSPS) is 16.0. The van der Waals surface area contributed by atoms with Gasteiger partial charge in [0.2, 0.25) is 17.7 Å². The highest BCUT2D eigenvalue weighted by Gasteiger charge is 2.26. The van der Waals surface area contributed by atoms with Crippen molar-refractivity contribution < 1.29 is 18.7 Å². The molecule has 0 saturated carbocycles. The molecule has 3 aromatic heterocycles. The first-order chi connectivity index (χ1) is 15.1. The number of hydrogen-bond acceptors (Lipinski definition) is 6. The first-order valence-electron chi connectivity index (χ1n) is 9.75. The van der Waals surface area contributed by atoms with Crippen molar-refractivity contribution in [2.75, 3.05) is 13.1 Å². The number of H-pyrrole nitrogens is 1. The fourth-order valence-corrected chi connectivity index (χ4v) is 3.62. The summed E-state index contributed by atoms with van der Waals surface area (Å²) in [7, 11) is 0. The number of pyridine rings is 1. The second kappa shape index (κ2) is 7.67. The highest BCUT2D eigenvalue weighted by molar-refractivity contribution is 5.87. The highest BCUT2D eigenvalue weighted by atomic mass is 19.1. The van der Waals surface area contributed by atoms with E-state index in [1.807, 2.05) is 0 Å². The van der Waals surface area contributed by atoms with Gasteiger partial charge in [0.15, 0.2) is 17.1 Å². The van der Waals surface area contributed by atoms with Gasteiger partial charge in [-0.25, -0.2) is 14.4 Å². The Balaban J connectivity index is 1.42. The Morgan fingerprint density at radius 3 is 3.03 bits per heavy atom. The number of carbonyl (C=O) groups excluding carboxylic acids is 1. The number of likely N-dealkylation sites (tertiary alicyclic amines) is 1. The molecule has 156 valence electrons. The predicted octanol–water partition coefficient (Wildman–Crippen LogP) is 3.60. The monoisotopic (exact) mass is 419 g/mol. The number of nitrogens with one attached hydrogen (secondary N) is 1. The molecular formula is C22H18FN5O3. The molecule has 4 aromatic rings. The summed E-state index contributed by atoms with van der Waals surface area (Å²) < 4.78 is 26.5. The molecule has 0 spiro atoms. The smallest absolute Gasteiger partial charge is 0.249 e. The Morgan fingerprint density at radius 1 is 1.26 bits per heavy atom. The first kappa shape index (κ1) is 19.0. The maximum absolute atomic E-state index is 14.8. The minimum absolute atomic E-state index is 0.0367. The largest absolute Gasteiger partial charge is 0.472 e. The topological polar surface area (TPSA) is 93.2 Å². The first-order valence-corrected chi connectivity index (χ1v) is 9.75. The van der Waals surface area contributed by atoms with Crippen LogP contribution in [0.3, 0.4) is 0 Å². The van der Waals surface area contributed by atoms with Crippen LogP contribution in [0.5, 0.6) is 17.5 Å².